The maximum Gasteiger partial charge on any atom is 0.128 e. The number of furan rings is 1. The van der Waals surface area contributed by atoms with Crippen molar-refractivity contribution < 1.29 is 24.5 Å². The van der Waals surface area contributed by atoms with E-state index in [1.807, 2.05) is 54.7 Å². The van der Waals surface area contributed by atoms with E-state index >= 15 is 0 Å². The van der Waals surface area contributed by atoms with E-state index < -0.39 is 0 Å². The van der Waals surface area contributed by atoms with E-state index in [1.54, 1.807) is 6.20 Å². The molecule has 3 nitrogen and oxygen atoms in total. The molecular formula is C47H36IrN2O-2. The summed E-state index contributed by atoms with van der Waals surface area (Å²) >= 11 is 0. The van der Waals surface area contributed by atoms with Gasteiger partial charge in [0.05, 0.1) is 5.58 Å². The summed E-state index contributed by atoms with van der Waals surface area (Å²) < 4.78 is 6.55. The van der Waals surface area contributed by atoms with Crippen molar-refractivity contribution in [3.8, 4) is 33.6 Å². The molecule has 251 valence electrons. The first-order valence-corrected chi connectivity index (χ1v) is 17.0. The molecule has 0 aliphatic carbocycles. The SMILES string of the molecule is Cc1cnc(-c2[c-]ccc3c2oc2c4ccccc4ccc32)cc1-c1ccc2cc(C(C)(C)C)ccc2c1.[Ir].[c-]1ccccc1-c1ccccn1. The van der Waals surface area contributed by atoms with Crippen LogP contribution in [0.3, 0.4) is 0 Å². The molecule has 1 radical (unpaired) electrons. The monoisotopic (exact) mass is 837 g/mol. The maximum atomic E-state index is 6.55. The molecule has 0 saturated carbocycles. The van der Waals surface area contributed by atoms with Gasteiger partial charge in [-0.3, -0.25) is 0 Å². The summed E-state index contributed by atoms with van der Waals surface area (Å²) in [4.78, 5) is 9.04. The van der Waals surface area contributed by atoms with Crippen LogP contribution in [0.4, 0.5) is 0 Å². The van der Waals surface area contributed by atoms with Gasteiger partial charge in [-0.15, -0.1) is 54.1 Å². The second-order valence-electron chi connectivity index (χ2n) is 13.8. The molecule has 0 N–H and O–H groups in total. The Bertz CT molecular complexity index is 2600. The summed E-state index contributed by atoms with van der Waals surface area (Å²) in [6.45, 7) is 8.89. The van der Waals surface area contributed by atoms with Crippen LogP contribution in [-0.4, -0.2) is 9.97 Å². The number of hydrogen-bond donors (Lipinski definition) is 0. The molecule has 0 fully saturated rings. The molecule has 0 bridgehead atoms. The number of hydrogen-bond acceptors (Lipinski definition) is 3. The van der Waals surface area contributed by atoms with E-state index in [0.29, 0.717) is 0 Å². The molecule has 9 aromatic rings. The Balaban J connectivity index is 0.000000265. The van der Waals surface area contributed by atoms with Crippen molar-refractivity contribution in [2.24, 2.45) is 0 Å². The number of nitrogens with zero attached hydrogens (tertiary/aromatic N) is 2. The Morgan fingerprint density at radius 3 is 2.16 bits per heavy atom. The molecule has 6 aromatic carbocycles. The fraction of sp³-hybridized carbons (Fsp3) is 0.106. The fourth-order valence-electron chi connectivity index (χ4n) is 6.59. The number of rotatable bonds is 3. The number of pyridine rings is 2. The zero-order chi connectivity index (χ0) is 34.2. The molecule has 3 heterocycles. The largest absolute Gasteiger partial charge is 0.500 e. The Hall–Kier alpha value is -5.41. The molecule has 9 rings (SSSR count). The second kappa shape index (κ2) is 14.1. The van der Waals surface area contributed by atoms with Gasteiger partial charge >= 0.3 is 0 Å². The van der Waals surface area contributed by atoms with E-state index in [4.69, 9.17) is 9.40 Å². The van der Waals surface area contributed by atoms with E-state index in [2.05, 4.69) is 130 Å². The fourth-order valence-corrected chi connectivity index (χ4v) is 6.59. The second-order valence-corrected chi connectivity index (χ2v) is 13.8. The molecule has 0 aliphatic heterocycles. The van der Waals surface area contributed by atoms with Gasteiger partial charge in [0.1, 0.15) is 5.58 Å². The Morgan fingerprint density at radius 2 is 1.35 bits per heavy atom. The average molecular weight is 837 g/mol. The van der Waals surface area contributed by atoms with Crippen molar-refractivity contribution in [2.75, 3.05) is 0 Å². The van der Waals surface area contributed by atoms with Crippen LogP contribution in [0.2, 0.25) is 0 Å². The van der Waals surface area contributed by atoms with Crippen LogP contribution in [0.25, 0.3) is 77.1 Å². The summed E-state index contributed by atoms with van der Waals surface area (Å²) in [6.07, 6.45) is 3.75. The van der Waals surface area contributed by atoms with Gasteiger partial charge in [-0.25, -0.2) is 0 Å². The predicted molar refractivity (Wildman–Crippen MR) is 208 cm³/mol. The molecule has 0 amide bonds. The molecule has 4 heteroatoms. The molecule has 0 spiro atoms. The van der Waals surface area contributed by atoms with Crippen molar-refractivity contribution in [3.05, 3.63) is 169 Å². The molecule has 0 unspecified atom stereocenters. The van der Waals surface area contributed by atoms with E-state index in [-0.39, 0.29) is 25.5 Å². The maximum absolute atomic E-state index is 6.55. The Labute approximate surface area is 312 Å². The van der Waals surface area contributed by atoms with Crippen LogP contribution in [0, 0.1) is 19.1 Å². The van der Waals surface area contributed by atoms with Crippen molar-refractivity contribution in [2.45, 2.75) is 33.1 Å². The van der Waals surface area contributed by atoms with Crippen LogP contribution < -0.4 is 0 Å². The van der Waals surface area contributed by atoms with Gasteiger partial charge in [0.2, 0.25) is 0 Å². The third-order valence-electron chi connectivity index (χ3n) is 9.35. The summed E-state index contributed by atoms with van der Waals surface area (Å²) in [5.41, 5.74) is 10.5. The van der Waals surface area contributed by atoms with Gasteiger partial charge in [-0.05, 0) is 74.3 Å². The molecular weight excluding hydrogens is 801 g/mol. The first-order chi connectivity index (χ1) is 24.3. The number of aryl methyl sites for hydroxylation is 1. The van der Waals surface area contributed by atoms with Gasteiger partial charge in [-0.1, -0.05) is 117 Å². The van der Waals surface area contributed by atoms with Gasteiger partial charge in [0, 0.05) is 43.3 Å². The molecule has 0 atom stereocenters. The van der Waals surface area contributed by atoms with Crippen molar-refractivity contribution >= 4 is 43.5 Å². The van der Waals surface area contributed by atoms with Crippen LogP contribution in [0.5, 0.6) is 0 Å². The standard InChI is InChI=1S/C36H28NO.C11H8N.Ir/c1-22-21-37-33(20-32(22)26-13-12-25-19-27(36(2,3)4)16-14-24(25)18-26)31-11-7-10-29-30-17-15-23-8-5-6-9-28(23)34(30)38-35(29)31;1-2-6-10(7-3-1)11-8-4-5-9-12-11;/h5-10,12-21H,1-4H3;1-6,8-9H;/q2*-1;. The van der Waals surface area contributed by atoms with Gasteiger partial charge in [0.25, 0.3) is 0 Å². The van der Waals surface area contributed by atoms with Crippen LogP contribution in [0.1, 0.15) is 31.9 Å². The minimum absolute atomic E-state index is 0. The summed E-state index contributed by atoms with van der Waals surface area (Å²) in [5.74, 6) is 0. The van der Waals surface area contributed by atoms with Crippen molar-refractivity contribution in [1.82, 2.24) is 9.97 Å². The molecule has 0 saturated heterocycles. The van der Waals surface area contributed by atoms with E-state index in [9.17, 15) is 0 Å². The van der Waals surface area contributed by atoms with Crippen LogP contribution in [0.15, 0.2) is 150 Å². The first-order valence-electron chi connectivity index (χ1n) is 17.0. The minimum Gasteiger partial charge on any atom is -0.500 e. The quantitative estimate of drug-likeness (QED) is 0.166. The molecule has 3 aromatic heterocycles. The molecule has 51 heavy (non-hydrogen) atoms. The minimum atomic E-state index is 0. The van der Waals surface area contributed by atoms with E-state index in [1.165, 1.54) is 32.8 Å². The average Bonchev–Trinajstić information content (AvgIpc) is 3.55. The summed E-state index contributed by atoms with van der Waals surface area (Å²) in [5, 5.41) is 7.00. The van der Waals surface area contributed by atoms with Crippen molar-refractivity contribution in [1.29, 1.82) is 0 Å². The number of benzene rings is 6. The third kappa shape index (κ3) is 6.73. The zero-order valence-electron chi connectivity index (χ0n) is 29.0. The predicted octanol–water partition coefficient (Wildman–Crippen LogP) is 12.6. The number of aromatic nitrogens is 2. The molecule has 0 aliphatic rings. The zero-order valence-corrected chi connectivity index (χ0v) is 31.4. The van der Waals surface area contributed by atoms with Gasteiger partial charge in [-0.2, -0.15) is 0 Å². The van der Waals surface area contributed by atoms with E-state index in [0.717, 1.165) is 55.4 Å². The summed E-state index contributed by atoms with van der Waals surface area (Å²) in [7, 11) is 0. The van der Waals surface area contributed by atoms with Crippen molar-refractivity contribution in [3.63, 3.8) is 0 Å². The Morgan fingerprint density at radius 1 is 0.588 bits per heavy atom. The third-order valence-corrected chi connectivity index (χ3v) is 9.35. The smallest absolute Gasteiger partial charge is 0.128 e. The normalized spacial score (nSPS) is 11.4. The van der Waals surface area contributed by atoms with Crippen LogP contribution in [-0.2, 0) is 25.5 Å². The Kier molecular flexibility index (Phi) is 9.40. The van der Waals surface area contributed by atoms with Gasteiger partial charge < -0.3 is 14.4 Å². The first kappa shape index (κ1) is 34.1. The van der Waals surface area contributed by atoms with Crippen LogP contribution >= 0.6 is 0 Å². The topological polar surface area (TPSA) is 38.9 Å². The number of fused-ring (bicyclic) bond motifs is 6. The summed E-state index contributed by atoms with van der Waals surface area (Å²) in [6, 6.07) is 52.7. The van der Waals surface area contributed by atoms with Gasteiger partial charge in [0.15, 0.2) is 0 Å².